The van der Waals surface area contributed by atoms with E-state index in [2.05, 4.69) is 10.1 Å². The van der Waals surface area contributed by atoms with Crippen molar-refractivity contribution in [3.8, 4) is 23.3 Å². The van der Waals surface area contributed by atoms with Gasteiger partial charge in [-0.25, -0.2) is 0 Å². The van der Waals surface area contributed by atoms with Gasteiger partial charge in [-0.1, -0.05) is 35.9 Å². The molecule has 0 radical (unpaired) electrons. The van der Waals surface area contributed by atoms with Crippen LogP contribution in [0.15, 0.2) is 88.4 Å². The van der Waals surface area contributed by atoms with E-state index >= 15 is 0 Å². The number of nitrogens with zero attached hydrogens (tertiary/aromatic N) is 4. The smallest absolute Gasteiger partial charge is 0.281 e. The van der Waals surface area contributed by atoms with E-state index in [4.69, 9.17) is 9.15 Å². The Kier molecular flexibility index (Phi) is 6.28. The number of ether oxygens (including phenoxy) is 1. The van der Waals surface area contributed by atoms with Gasteiger partial charge in [-0.15, -0.1) is 0 Å². The number of carbonyl (C=O) groups excluding carboxylic acids is 1. The second-order valence-electron chi connectivity index (χ2n) is 7.15. The Hall–Kier alpha value is -4.70. The molecule has 0 bridgehead atoms. The van der Waals surface area contributed by atoms with Crippen LogP contribution in [0.25, 0.3) is 11.5 Å². The molecule has 0 aliphatic rings. The molecule has 0 saturated heterocycles. The first-order chi connectivity index (χ1) is 16.1. The molecule has 7 nitrogen and oxygen atoms in total. The molecular formula is C26H20N4O3. The number of amides is 1. The van der Waals surface area contributed by atoms with E-state index < -0.39 is 5.91 Å². The Morgan fingerprint density at radius 2 is 1.76 bits per heavy atom. The van der Waals surface area contributed by atoms with Gasteiger partial charge in [0.2, 0.25) is 11.6 Å². The van der Waals surface area contributed by atoms with Crippen molar-refractivity contribution in [3.63, 3.8) is 0 Å². The second-order valence-corrected chi connectivity index (χ2v) is 7.15. The van der Waals surface area contributed by atoms with Gasteiger partial charge in [-0.05, 0) is 61.0 Å². The van der Waals surface area contributed by atoms with Crippen molar-refractivity contribution in [2.45, 2.75) is 6.92 Å². The molecule has 4 aromatic rings. The molecule has 3 aromatic carbocycles. The number of hydrazone groups is 1. The van der Waals surface area contributed by atoms with Crippen molar-refractivity contribution in [1.29, 1.82) is 5.26 Å². The fourth-order valence-electron chi connectivity index (χ4n) is 3.06. The van der Waals surface area contributed by atoms with Gasteiger partial charge in [-0.2, -0.15) is 20.4 Å². The summed E-state index contributed by atoms with van der Waals surface area (Å²) >= 11 is 0. The Labute approximate surface area is 191 Å². The minimum Gasteiger partial charge on any atom is -0.497 e. The summed E-state index contributed by atoms with van der Waals surface area (Å²) in [7, 11) is 1.59. The molecule has 1 aromatic heterocycles. The molecule has 0 saturated carbocycles. The molecule has 0 aliphatic carbocycles. The van der Waals surface area contributed by atoms with Crippen LogP contribution in [-0.2, 0) is 0 Å². The summed E-state index contributed by atoms with van der Waals surface area (Å²) in [4.78, 5) is 17.7. The summed E-state index contributed by atoms with van der Waals surface area (Å²) in [5, 5.41) is 15.1. The number of methoxy groups -OCH3 is 1. The number of nitriles is 1. The number of carbonyl (C=O) groups is 1. The molecule has 0 spiro atoms. The van der Waals surface area contributed by atoms with Crippen molar-refractivity contribution in [3.05, 3.63) is 101 Å². The molecule has 7 heteroatoms. The van der Waals surface area contributed by atoms with E-state index in [1.807, 2.05) is 55.5 Å². The van der Waals surface area contributed by atoms with Gasteiger partial charge < -0.3 is 9.15 Å². The van der Waals surface area contributed by atoms with Crippen molar-refractivity contribution in [2.24, 2.45) is 5.10 Å². The lowest BCUT2D eigenvalue weighted by Gasteiger charge is -2.14. The van der Waals surface area contributed by atoms with Crippen LogP contribution in [0, 0.1) is 18.3 Å². The highest BCUT2D eigenvalue weighted by Crippen LogP contribution is 2.29. The Bertz CT molecular complexity index is 1320. The maximum atomic E-state index is 13.4. The predicted molar refractivity (Wildman–Crippen MR) is 125 cm³/mol. The fraction of sp³-hybridized carbons (Fsp3) is 0.0769. The van der Waals surface area contributed by atoms with Crippen LogP contribution >= 0.6 is 0 Å². The molecular weight excluding hydrogens is 416 g/mol. The Morgan fingerprint density at radius 1 is 1.06 bits per heavy atom. The standard InChI is InChI=1S/C26H20N4O3/c1-18-8-12-21(13-9-18)25(31)30(28-17-19-10-14-22(32-2)15-11-19)26-23(16-27)29-24(33-26)20-6-4-3-5-7-20/h3-15,17H,1-2H3/b28-17+. The molecule has 0 N–H and O–H groups in total. The van der Waals surface area contributed by atoms with E-state index in [1.165, 1.54) is 6.21 Å². The van der Waals surface area contributed by atoms with E-state index in [0.29, 0.717) is 16.9 Å². The molecule has 0 unspecified atom stereocenters. The lowest BCUT2D eigenvalue weighted by Crippen LogP contribution is -2.26. The summed E-state index contributed by atoms with van der Waals surface area (Å²) in [5.41, 5.74) is 2.79. The first kappa shape index (κ1) is 21.5. The zero-order valence-electron chi connectivity index (χ0n) is 18.1. The average Bonchev–Trinajstić information content (AvgIpc) is 3.29. The van der Waals surface area contributed by atoms with Crippen LogP contribution in [0.3, 0.4) is 0 Å². The minimum absolute atomic E-state index is 0.0406. The Morgan fingerprint density at radius 3 is 2.39 bits per heavy atom. The summed E-state index contributed by atoms with van der Waals surface area (Å²) < 4.78 is 11.1. The lowest BCUT2D eigenvalue weighted by molar-refractivity contribution is 0.0983. The average molecular weight is 436 g/mol. The van der Waals surface area contributed by atoms with E-state index in [1.54, 1.807) is 43.5 Å². The van der Waals surface area contributed by atoms with Crippen molar-refractivity contribution < 1.29 is 13.9 Å². The van der Waals surface area contributed by atoms with Gasteiger partial charge in [0.05, 0.1) is 13.3 Å². The van der Waals surface area contributed by atoms with Gasteiger partial charge >= 0.3 is 0 Å². The van der Waals surface area contributed by atoms with Gasteiger partial charge in [0.15, 0.2) is 0 Å². The normalized spacial score (nSPS) is 10.7. The van der Waals surface area contributed by atoms with E-state index in [-0.39, 0.29) is 17.5 Å². The summed E-state index contributed by atoms with van der Waals surface area (Å²) in [6.07, 6.45) is 1.51. The number of hydrogen-bond donors (Lipinski definition) is 0. The third-order valence-electron chi connectivity index (χ3n) is 4.86. The van der Waals surface area contributed by atoms with Crippen LogP contribution in [0.5, 0.6) is 5.75 Å². The quantitative estimate of drug-likeness (QED) is 0.306. The zero-order chi connectivity index (χ0) is 23.2. The van der Waals surface area contributed by atoms with Crippen molar-refractivity contribution in [2.75, 3.05) is 12.1 Å². The zero-order valence-corrected chi connectivity index (χ0v) is 18.1. The monoisotopic (exact) mass is 436 g/mol. The first-order valence-electron chi connectivity index (χ1n) is 10.1. The summed E-state index contributed by atoms with van der Waals surface area (Å²) in [5.74, 6) is 0.427. The van der Waals surface area contributed by atoms with Gasteiger partial charge in [0, 0.05) is 11.1 Å². The fourth-order valence-corrected chi connectivity index (χ4v) is 3.06. The van der Waals surface area contributed by atoms with Crippen LogP contribution in [0.2, 0.25) is 0 Å². The second kappa shape index (κ2) is 9.62. The number of rotatable bonds is 6. The number of anilines is 1. The van der Waals surface area contributed by atoms with Crippen LogP contribution in [0.4, 0.5) is 5.88 Å². The number of oxazole rings is 1. The van der Waals surface area contributed by atoms with Crippen LogP contribution in [0.1, 0.15) is 27.2 Å². The van der Waals surface area contributed by atoms with Crippen molar-refractivity contribution in [1.82, 2.24) is 4.98 Å². The number of aromatic nitrogens is 1. The highest BCUT2D eigenvalue weighted by atomic mass is 16.5. The largest absolute Gasteiger partial charge is 0.497 e. The molecule has 162 valence electrons. The minimum atomic E-state index is -0.452. The SMILES string of the molecule is COc1ccc(/C=N/N(C(=O)c2ccc(C)cc2)c2oc(-c3ccccc3)nc2C#N)cc1. The molecule has 4 rings (SSSR count). The predicted octanol–water partition coefficient (Wildman–Crippen LogP) is 5.21. The van der Waals surface area contributed by atoms with Gasteiger partial charge in [0.25, 0.3) is 11.8 Å². The molecule has 0 atom stereocenters. The van der Waals surface area contributed by atoms with Crippen LogP contribution in [-0.4, -0.2) is 24.2 Å². The van der Waals surface area contributed by atoms with E-state index in [9.17, 15) is 10.1 Å². The van der Waals surface area contributed by atoms with Crippen LogP contribution < -0.4 is 9.75 Å². The van der Waals surface area contributed by atoms with Crippen molar-refractivity contribution >= 4 is 18.0 Å². The van der Waals surface area contributed by atoms with Gasteiger partial charge in [0.1, 0.15) is 11.8 Å². The molecule has 0 aliphatic heterocycles. The third-order valence-corrected chi connectivity index (χ3v) is 4.86. The maximum Gasteiger partial charge on any atom is 0.281 e. The molecule has 1 heterocycles. The lowest BCUT2D eigenvalue weighted by atomic mass is 10.1. The highest BCUT2D eigenvalue weighted by Gasteiger charge is 2.26. The first-order valence-corrected chi connectivity index (χ1v) is 10.1. The Balaban J connectivity index is 1.77. The summed E-state index contributed by atoms with van der Waals surface area (Å²) in [6.45, 7) is 1.93. The third kappa shape index (κ3) is 4.81. The van der Waals surface area contributed by atoms with Gasteiger partial charge in [-0.3, -0.25) is 4.79 Å². The number of aryl methyl sites for hydroxylation is 1. The molecule has 33 heavy (non-hydrogen) atoms. The number of hydrogen-bond acceptors (Lipinski definition) is 6. The summed E-state index contributed by atoms with van der Waals surface area (Å²) in [6, 6.07) is 25.4. The maximum absolute atomic E-state index is 13.4. The molecule has 0 fully saturated rings. The molecule has 1 amide bonds. The number of benzene rings is 3. The highest BCUT2D eigenvalue weighted by molar-refractivity contribution is 6.06. The topological polar surface area (TPSA) is 91.7 Å². The van der Waals surface area contributed by atoms with E-state index in [0.717, 1.165) is 16.1 Å².